The lowest BCUT2D eigenvalue weighted by atomic mass is 9.81. The summed E-state index contributed by atoms with van der Waals surface area (Å²) in [6.07, 6.45) is 27.5. The predicted octanol–water partition coefficient (Wildman–Crippen LogP) is 15.0. The molecule has 1 amide bonds. The number of unbranched alkanes of at least 4 members (excludes halogenated alkanes) is 24. The maximum Gasteiger partial charge on any atom is 0.329 e. The van der Waals surface area contributed by atoms with Crippen LogP contribution in [0.15, 0.2) is 36.0 Å². The van der Waals surface area contributed by atoms with Crippen LogP contribution in [0.2, 0.25) is 0 Å². The first-order valence-corrected chi connectivity index (χ1v) is 42.2. The van der Waals surface area contributed by atoms with Gasteiger partial charge in [0.1, 0.15) is 37.2 Å². The quantitative estimate of drug-likeness (QED) is 0.0168. The fourth-order valence-electron chi connectivity index (χ4n) is 15.6. The summed E-state index contributed by atoms with van der Waals surface area (Å²) < 4.78 is 58.2. The first-order valence-electron chi connectivity index (χ1n) is 42.2. The van der Waals surface area contributed by atoms with Gasteiger partial charge in [-0.15, -0.1) is 6.58 Å². The molecule has 1 unspecified atom stereocenters. The van der Waals surface area contributed by atoms with Gasteiger partial charge in [0.05, 0.1) is 50.0 Å². The van der Waals surface area contributed by atoms with Crippen LogP contribution in [-0.2, 0) is 90.5 Å². The number of carbonyl (C=O) groups is 9. The van der Waals surface area contributed by atoms with E-state index in [1.807, 2.05) is 26.0 Å². The molecule has 23 nitrogen and oxygen atoms in total. The Bertz CT molecular complexity index is 2710. The number of aliphatic hydroxyl groups is 3. The molecule has 1 saturated carbocycles. The molecule has 0 radical (unpaired) electrons. The van der Waals surface area contributed by atoms with E-state index >= 15 is 4.79 Å². The molecule has 0 aromatic carbocycles. The summed E-state index contributed by atoms with van der Waals surface area (Å²) in [5.41, 5.74) is 1.40. The predicted molar refractivity (Wildman–Crippen MR) is 415 cm³/mol. The summed E-state index contributed by atoms with van der Waals surface area (Å²) in [7, 11) is 4.32. The van der Waals surface area contributed by atoms with Gasteiger partial charge in [-0.2, -0.15) is 0 Å². The zero-order valence-electron chi connectivity index (χ0n) is 68.3. The smallest absolute Gasteiger partial charge is 0.329 e. The normalized spacial score (nSPS) is 26.8. The number of hydrogen-bond donors (Lipinski definition) is 3. The van der Waals surface area contributed by atoms with E-state index in [1.165, 1.54) is 137 Å². The molecule has 109 heavy (non-hydrogen) atoms. The van der Waals surface area contributed by atoms with E-state index in [9.17, 15) is 53.7 Å². The molecular formula is C86H143NO22. The molecule has 0 spiro atoms. The minimum atomic E-state index is -3.18. The van der Waals surface area contributed by atoms with Crippen LogP contribution >= 0.6 is 0 Å². The van der Waals surface area contributed by atoms with E-state index in [1.54, 1.807) is 19.9 Å². The van der Waals surface area contributed by atoms with Crippen LogP contribution in [0.4, 0.5) is 0 Å². The highest BCUT2D eigenvalue weighted by atomic mass is 16.7. The highest BCUT2D eigenvalue weighted by Gasteiger charge is 2.60. The van der Waals surface area contributed by atoms with Crippen LogP contribution in [0.3, 0.4) is 0 Å². The van der Waals surface area contributed by atoms with Crippen molar-refractivity contribution < 1.29 is 106 Å². The van der Waals surface area contributed by atoms with Crippen LogP contribution in [0, 0.1) is 23.7 Å². The van der Waals surface area contributed by atoms with E-state index in [2.05, 4.69) is 20.4 Å². The second kappa shape index (κ2) is 55.1. The average molecular weight is 1540 g/mol. The van der Waals surface area contributed by atoms with Gasteiger partial charge in [-0.3, -0.25) is 38.4 Å². The molecule has 0 aromatic rings. The van der Waals surface area contributed by atoms with E-state index in [0.29, 0.717) is 56.9 Å². The molecule has 3 N–H and O–H groups in total. The second-order valence-corrected chi connectivity index (χ2v) is 31.6. The number of nitrogens with zero attached hydrogens (tertiary/aromatic N) is 1. The number of piperidine rings is 1. The molecule has 3 aliphatic heterocycles. The minimum Gasteiger partial charge on any atom is -0.466 e. The molecule has 14 atom stereocenters. The zero-order valence-corrected chi connectivity index (χ0v) is 68.3. The zero-order chi connectivity index (χ0) is 79.9. The van der Waals surface area contributed by atoms with Crippen LogP contribution < -0.4 is 0 Å². The molecule has 0 aromatic heterocycles. The third kappa shape index (κ3) is 36.5. The van der Waals surface area contributed by atoms with Crippen molar-refractivity contribution in [1.82, 2.24) is 4.90 Å². The number of methoxy groups -OCH3 is 3. The Morgan fingerprint density at radius 1 is 0.606 bits per heavy atom. The summed E-state index contributed by atoms with van der Waals surface area (Å²) in [4.78, 5) is 126. The minimum absolute atomic E-state index is 0.0506. The number of esters is 6. The summed E-state index contributed by atoms with van der Waals surface area (Å²) in [6.45, 7) is 14.5. The number of fused-ring (bicyclic) bond motifs is 3. The van der Waals surface area contributed by atoms with Gasteiger partial charge in [-0.05, 0) is 108 Å². The fraction of sp³-hybridized carbons (Fsp3) is 0.826. The van der Waals surface area contributed by atoms with Gasteiger partial charge >= 0.3 is 35.8 Å². The average Bonchev–Trinajstić information content (AvgIpc) is 0.816. The molecular weight excluding hydrogens is 1400 g/mol. The van der Waals surface area contributed by atoms with Crippen LogP contribution in [0.5, 0.6) is 0 Å². The fourth-order valence-corrected chi connectivity index (χ4v) is 15.6. The standard InChI is InChI=1S/C86H143NO22/c1-11-14-16-18-20-22-24-26-28-30-32-34-36-43-76(91)104-59-67(60-105-77(92)44-37-35-33-31-29-27-25-23-21-19-17-15-12-2)106-80(95)49-48-78(93)103-51-40-45-79(94)107-75-58-74(102-10)82-73(101-9)54-62(5)52-61(4)53-66(41-13-3)71(90)57-70(89)64(7)81(63(6)55-65-46-47-69(88)72(56-65)100-8)108-85(98)68-42-38-39-50-87(68)84(97)83(96)86(75,99)109-82/h13,53,55,62,64-70,72-75,81-82,88-89,99H,3,11-12,14-52,54,56-60H2,1-2,4-10H3/b61-53+,63-55+/t62-,64+,65?,66+,68-,69+,70-,72+,73-,74-,75+,81+,82+,86+/m0/s1. The number of carbonyl (C=O) groups excluding carboxylic acids is 9. The first-order chi connectivity index (χ1) is 52.4. The summed E-state index contributed by atoms with van der Waals surface area (Å²) in [5.74, 6) is -12.5. The largest absolute Gasteiger partial charge is 0.466 e. The summed E-state index contributed by atoms with van der Waals surface area (Å²) >= 11 is 0. The van der Waals surface area contributed by atoms with E-state index in [0.717, 1.165) is 49.0 Å². The monoisotopic (exact) mass is 1540 g/mol. The molecule has 1 aliphatic carbocycles. The lowest BCUT2D eigenvalue weighted by Gasteiger charge is -2.47. The van der Waals surface area contributed by atoms with Gasteiger partial charge < -0.3 is 67.6 Å². The Kier molecular flexibility index (Phi) is 48.5. The van der Waals surface area contributed by atoms with Gasteiger partial charge in [-0.1, -0.05) is 206 Å². The van der Waals surface area contributed by atoms with E-state index < -0.39 is 145 Å². The molecule has 2 saturated heterocycles. The number of ketones is 2. The van der Waals surface area contributed by atoms with Crippen LogP contribution in [0.1, 0.15) is 318 Å². The third-order valence-electron chi connectivity index (χ3n) is 22.2. The number of rotatable bonds is 48. The molecule has 3 fully saturated rings. The van der Waals surface area contributed by atoms with Gasteiger partial charge in [-0.25, -0.2) is 4.79 Å². The molecule has 23 heteroatoms. The maximum absolute atomic E-state index is 15.1. The van der Waals surface area contributed by atoms with Gasteiger partial charge in [0.25, 0.3) is 17.5 Å². The molecule has 4 aliphatic rings. The molecule has 3 heterocycles. The van der Waals surface area contributed by atoms with Gasteiger partial charge in [0.2, 0.25) is 0 Å². The lowest BCUT2D eigenvalue weighted by Crippen LogP contribution is -2.67. The lowest BCUT2D eigenvalue weighted by molar-refractivity contribution is -0.319. The number of aliphatic hydroxyl groups excluding tert-OH is 2. The van der Waals surface area contributed by atoms with Crippen molar-refractivity contribution in [3.63, 3.8) is 0 Å². The number of amides is 1. The Hall–Kier alpha value is -5.43. The number of hydrogen-bond acceptors (Lipinski definition) is 22. The van der Waals surface area contributed by atoms with Gasteiger partial charge in [0.15, 0.2) is 12.2 Å². The SMILES string of the molecule is C=CC[C@@H]1/C=C(\C)C[C@H](C)C[C@H](OC)[C@H]2O[C@@](O)(C(=O)C(=O)N3CCCC[C@H]3C(=O)O[C@H](/C(C)=C/C3CC[C@@H](O)[C@H](OC)C3)[C@H](C)[C@@H](O)CC1=O)[C@H](OC(=O)CCCOC(=O)CCC(=O)OC(COC(=O)CCCCCCCCCCCCCCC)COC(=O)CCCCCCCCCCCCCCC)C[C@@H]2OC. The van der Waals surface area contributed by atoms with Crippen molar-refractivity contribution in [1.29, 1.82) is 0 Å². The van der Waals surface area contributed by atoms with Crippen LogP contribution in [-0.4, -0.2) is 188 Å². The topological polar surface area (TPSA) is 310 Å². The van der Waals surface area contributed by atoms with Crippen molar-refractivity contribution in [2.24, 2.45) is 23.7 Å². The number of cyclic esters (lactones) is 1. The number of allylic oxidation sites excluding steroid dienone is 4. The van der Waals surface area contributed by atoms with Crippen molar-refractivity contribution in [3.8, 4) is 0 Å². The highest BCUT2D eigenvalue weighted by Crippen LogP contribution is 2.39. The summed E-state index contributed by atoms with van der Waals surface area (Å²) in [6, 6.07) is -1.37. The van der Waals surface area contributed by atoms with Crippen molar-refractivity contribution in [2.45, 2.75) is 384 Å². The molecule has 2 bridgehead atoms. The maximum atomic E-state index is 15.1. The summed E-state index contributed by atoms with van der Waals surface area (Å²) in [5, 5.41) is 35.4. The number of Topliss-reactive ketones (excluding diaryl/α,β-unsaturated/α-hetero) is 2. The highest BCUT2D eigenvalue weighted by molar-refractivity contribution is 6.39. The first kappa shape index (κ1) is 95.9. The Morgan fingerprint density at radius 2 is 1.11 bits per heavy atom. The van der Waals surface area contributed by atoms with E-state index in [-0.39, 0.29) is 95.4 Å². The Labute approximate surface area is 652 Å². The molecule has 624 valence electrons. The second-order valence-electron chi connectivity index (χ2n) is 31.6. The van der Waals surface area contributed by atoms with Crippen molar-refractivity contribution >= 4 is 53.3 Å². The molecule has 4 rings (SSSR count). The van der Waals surface area contributed by atoms with Crippen molar-refractivity contribution in [2.75, 3.05) is 47.7 Å². The Balaban J connectivity index is 1.44. The third-order valence-corrected chi connectivity index (χ3v) is 22.2. The van der Waals surface area contributed by atoms with E-state index in [4.69, 9.17) is 47.4 Å². The van der Waals surface area contributed by atoms with Gasteiger partial charge in [0, 0.05) is 71.8 Å². The number of ether oxygens (including phenoxy) is 10. The Morgan fingerprint density at radius 3 is 1.64 bits per heavy atom. The van der Waals surface area contributed by atoms with Crippen molar-refractivity contribution in [3.05, 3.63) is 36.0 Å². The van der Waals surface area contributed by atoms with Crippen LogP contribution in [0.25, 0.3) is 0 Å².